The number of hydrogen-bond acceptors (Lipinski definition) is 2. The van der Waals surface area contributed by atoms with Gasteiger partial charge in [0.05, 0.1) is 17.5 Å². The topological polar surface area (TPSA) is 18.5 Å². The average Bonchev–Trinajstić information content (AvgIpc) is 2.65. The van der Waals surface area contributed by atoms with Gasteiger partial charge < -0.3 is 9.47 Å². The van der Waals surface area contributed by atoms with Crippen LogP contribution >= 0.6 is 7.92 Å². The molecule has 0 unspecified atom stereocenters. The maximum Gasteiger partial charge on any atom is 0.131 e. The van der Waals surface area contributed by atoms with Crippen molar-refractivity contribution < 1.29 is 9.47 Å². The quantitative estimate of drug-likeness (QED) is 0.465. The van der Waals surface area contributed by atoms with Crippen molar-refractivity contribution in [2.45, 2.75) is 115 Å². The first-order valence-electron chi connectivity index (χ1n) is 11.3. The third-order valence-corrected chi connectivity index (χ3v) is 9.45. The van der Waals surface area contributed by atoms with Crippen LogP contribution in [0.3, 0.4) is 0 Å². The van der Waals surface area contributed by atoms with Gasteiger partial charge in [-0.2, -0.15) is 0 Å². The SMILES string of the molecule is CC(C)Oc1cccc(OC(C)C)c1P(C1CCCCC1)C1CCCCC1. The molecule has 2 fully saturated rings. The highest BCUT2D eigenvalue weighted by molar-refractivity contribution is 7.67. The fourth-order valence-electron chi connectivity index (χ4n) is 4.84. The highest BCUT2D eigenvalue weighted by atomic mass is 31.1. The lowest BCUT2D eigenvalue weighted by molar-refractivity contribution is 0.233. The Morgan fingerprint density at radius 2 is 1.11 bits per heavy atom. The van der Waals surface area contributed by atoms with Gasteiger partial charge >= 0.3 is 0 Å². The van der Waals surface area contributed by atoms with E-state index in [9.17, 15) is 0 Å². The number of rotatable bonds is 7. The Kier molecular flexibility index (Phi) is 7.88. The average molecular weight is 391 g/mol. The zero-order valence-corrected chi connectivity index (χ0v) is 18.8. The van der Waals surface area contributed by atoms with Crippen LogP contribution in [0.5, 0.6) is 11.5 Å². The van der Waals surface area contributed by atoms with E-state index in [4.69, 9.17) is 9.47 Å². The summed E-state index contributed by atoms with van der Waals surface area (Å²) in [6, 6.07) is 6.52. The van der Waals surface area contributed by atoms with Crippen LogP contribution < -0.4 is 14.8 Å². The van der Waals surface area contributed by atoms with E-state index in [1.165, 1.54) is 69.5 Å². The van der Waals surface area contributed by atoms with Crippen molar-refractivity contribution in [1.29, 1.82) is 0 Å². The van der Waals surface area contributed by atoms with Crippen molar-refractivity contribution in [3.8, 4) is 11.5 Å². The van der Waals surface area contributed by atoms with Gasteiger partial charge in [-0.05, 0) is 76.8 Å². The first-order valence-corrected chi connectivity index (χ1v) is 12.8. The summed E-state index contributed by atoms with van der Waals surface area (Å²) in [5.74, 6) is 2.20. The van der Waals surface area contributed by atoms with Crippen molar-refractivity contribution in [2.75, 3.05) is 0 Å². The molecule has 0 atom stereocenters. The van der Waals surface area contributed by atoms with Crippen molar-refractivity contribution in [1.82, 2.24) is 0 Å². The van der Waals surface area contributed by atoms with Crippen LogP contribution in [-0.4, -0.2) is 23.5 Å². The Morgan fingerprint density at radius 1 is 0.704 bits per heavy atom. The molecule has 2 nitrogen and oxygen atoms in total. The zero-order valence-electron chi connectivity index (χ0n) is 17.9. The van der Waals surface area contributed by atoms with Gasteiger partial charge in [0.2, 0.25) is 0 Å². The van der Waals surface area contributed by atoms with Crippen molar-refractivity contribution in [3.05, 3.63) is 18.2 Å². The third-order valence-electron chi connectivity index (χ3n) is 5.88. The van der Waals surface area contributed by atoms with Crippen LogP contribution in [-0.2, 0) is 0 Å². The van der Waals surface area contributed by atoms with E-state index in [-0.39, 0.29) is 20.1 Å². The summed E-state index contributed by atoms with van der Waals surface area (Å²) in [5, 5.41) is 1.45. The van der Waals surface area contributed by atoms with E-state index in [1.807, 2.05) is 0 Å². The summed E-state index contributed by atoms with van der Waals surface area (Å²) in [6.45, 7) is 8.57. The molecule has 2 saturated carbocycles. The lowest BCUT2D eigenvalue weighted by atomic mass is 9.99. The van der Waals surface area contributed by atoms with Crippen LogP contribution in [0.15, 0.2) is 18.2 Å². The minimum Gasteiger partial charge on any atom is -0.490 e. The van der Waals surface area contributed by atoms with E-state index in [0.717, 1.165) is 22.8 Å². The van der Waals surface area contributed by atoms with Crippen LogP contribution in [0.4, 0.5) is 0 Å². The second-order valence-electron chi connectivity index (χ2n) is 8.93. The molecule has 0 amide bonds. The normalized spacial score (nSPS) is 19.8. The molecule has 2 aliphatic rings. The molecular weight excluding hydrogens is 351 g/mol. The lowest BCUT2D eigenvalue weighted by Gasteiger charge is -2.40. The number of hydrogen-bond donors (Lipinski definition) is 0. The second-order valence-corrected chi connectivity index (χ2v) is 11.6. The fourth-order valence-corrected chi connectivity index (χ4v) is 8.77. The Hall–Kier alpha value is -0.750. The molecule has 3 heteroatoms. The van der Waals surface area contributed by atoms with E-state index in [1.54, 1.807) is 0 Å². The molecule has 0 spiro atoms. The van der Waals surface area contributed by atoms with Gasteiger partial charge in [-0.25, -0.2) is 0 Å². The van der Waals surface area contributed by atoms with Gasteiger partial charge in [0, 0.05) is 0 Å². The molecule has 1 aromatic carbocycles. The molecule has 0 radical (unpaired) electrons. The van der Waals surface area contributed by atoms with Crippen molar-refractivity contribution in [3.63, 3.8) is 0 Å². The van der Waals surface area contributed by atoms with Gasteiger partial charge in [0.25, 0.3) is 0 Å². The maximum absolute atomic E-state index is 6.37. The van der Waals surface area contributed by atoms with E-state index < -0.39 is 0 Å². The molecule has 2 aliphatic carbocycles. The minimum atomic E-state index is -0.245. The first-order chi connectivity index (χ1) is 13.1. The van der Waals surface area contributed by atoms with Gasteiger partial charge in [-0.15, -0.1) is 0 Å². The summed E-state index contributed by atoms with van der Waals surface area (Å²) >= 11 is 0. The summed E-state index contributed by atoms with van der Waals surface area (Å²) in [6.07, 6.45) is 14.5. The highest BCUT2D eigenvalue weighted by Crippen LogP contribution is 2.57. The van der Waals surface area contributed by atoms with Gasteiger partial charge in [0.15, 0.2) is 0 Å². The summed E-state index contributed by atoms with van der Waals surface area (Å²) in [4.78, 5) is 0. The van der Waals surface area contributed by atoms with Gasteiger partial charge in [-0.1, -0.05) is 52.5 Å². The highest BCUT2D eigenvalue weighted by Gasteiger charge is 2.36. The maximum atomic E-state index is 6.37. The van der Waals surface area contributed by atoms with E-state index in [0.29, 0.717) is 0 Å². The van der Waals surface area contributed by atoms with Crippen LogP contribution in [0, 0.1) is 0 Å². The fraction of sp³-hybridized carbons (Fsp3) is 0.750. The standard InChI is InChI=1S/C24H39O2P/c1-18(2)25-22-16-11-17-23(26-19(3)4)24(22)27(20-12-7-5-8-13-20)21-14-9-6-10-15-21/h11,16-21H,5-10,12-15H2,1-4H3. The van der Waals surface area contributed by atoms with Gasteiger partial charge in [0.1, 0.15) is 11.5 Å². The molecule has 0 N–H and O–H groups in total. The van der Waals surface area contributed by atoms with Crippen molar-refractivity contribution >= 4 is 13.2 Å². The monoisotopic (exact) mass is 390 g/mol. The van der Waals surface area contributed by atoms with Crippen LogP contribution in [0.2, 0.25) is 0 Å². The Bertz CT molecular complexity index is 525. The van der Waals surface area contributed by atoms with Crippen LogP contribution in [0.1, 0.15) is 91.9 Å². The molecular formula is C24H39O2P. The van der Waals surface area contributed by atoms with Crippen molar-refractivity contribution in [2.24, 2.45) is 0 Å². The summed E-state index contributed by atoms with van der Waals surface area (Å²) < 4.78 is 12.7. The molecule has 27 heavy (non-hydrogen) atoms. The Balaban J connectivity index is 2.04. The predicted octanol–water partition coefficient (Wildman–Crippen LogP) is 7.03. The predicted molar refractivity (Wildman–Crippen MR) is 118 cm³/mol. The largest absolute Gasteiger partial charge is 0.490 e. The van der Waals surface area contributed by atoms with Crippen LogP contribution in [0.25, 0.3) is 0 Å². The summed E-state index contributed by atoms with van der Waals surface area (Å²) in [7, 11) is -0.245. The van der Waals surface area contributed by atoms with E-state index in [2.05, 4.69) is 45.9 Å². The lowest BCUT2D eigenvalue weighted by Crippen LogP contribution is -2.29. The molecule has 0 aliphatic heterocycles. The molecule has 3 rings (SSSR count). The van der Waals surface area contributed by atoms with Gasteiger partial charge in [-0.3, -0.25) is 0 Å². The van der Waals surface area contributed by atoms with E-state index >= 15 is 0 Å². The molecule has 0 bridgehead atoms. The molecule has 0 saturated heterocycles. The summed E-state index contributed by atoms with van der Waals surface area (Å²) in [5.41, 5.74) is 1.70. The zero-order chi connectivity index (χ0) is 19.2. The second kappa shape index (κ2) is 10.1. The first kappa shape index (κ1) is 21.0. The number of ether oxygens (including phenoxy) is 2. The Labute approximate surface area is 168 Å². The molecule has 152 valence electrons. The Morgan fingerprint density at radius 3 is 1.48 bits per heavy atom. The third kappa shape index (κ3) is 5.63. The molecule has 0 heterocycles. The molecule has 0 aromatic heterocycles. The minimum absolute atomic E-state index is 0.201. The molecule has 1 aromatic rings. The smallest absolute Gasteiger partial charge is 0.131 e. The number of benzene rings is 1.